The van der Waals surface area contributed by atoms with E-state index < -0.39 is 0 Å². The number of methoxy groups -OCH3 is 1. The molecule has 0 saturated carbocycles. The summed E-state index contributed by atoms with van der Waals surface area (Å²) < 4.78 is 5.33. The molecule has 3 nitrogen and oxygen atoms in total. The maximum atomic E-state index is 6.07. The number of rotatable bonds is 3. The summed E-state index contributed by atoms with van der Waals surface area (Å²) in [5.74, 6) is 0. The summed E-state index contributed by atoms with van der Waals surface area (Å²) in [7, 11) is 1.67. The third-order valence-corrected chi connectivity index (χ3v) is 2.57. The van der Waals surface area contributed by atoms with Crippen molar-refractivity contribution in [1.82, 2.24) is 4.98 Å². The fraction of sp³-hybridized carbons (Fsp3) is 0.545. The van der Waals surface area contributed by atoms with Gasteiger partial charge in [0.05, 0.1) is 11.6 Å². The van der Waals surface area contributed by atoms with Gasteiger partial charge in [-0.1, -0.05) is 6.07 Å². The fourth-order valence-corrected chi connectivity index (χ4v) is 1.19. The Balaban J connectivity index is 2.89. The minimum Gasteiger partial charge on any atom is -0.377 e. The maximum Gasteiger partial charge on any atom is 0.0815 e. The SMILES string of the molecule is COC(C)(C)C(N)c1ccc(C)nc1. The standard InChI is InChI=1S/C11H18N2O/c1-8-5-6-9(7-13-8)10(12)11(2,3)14-4/h5-7,10H,12H2,1-4H3. The molecule has 0 aliphatic heterocycles. The van der Waals surface area contributed by atoms with Gasteiger partial charge in [-0.05, 0) is 32.4 Å². The number of aryl methyl sites for hydroxylation is 1. The van der Waals surface area contributed by atoms with Crippen LogP contribution in [0.2, 0.25) is 0 Å². The van der Waals surface area contributed by atoms with Crippen LogP contribution < -0.4 is 5.73 Å². The molecule has 1 aromatic heterocycles. The quantitative estimate of drug-likeness (QED) is 0.798. The Bertz CT molecular complexity index is 293. The third kappa shape index (κ3) is 2.30. The summed E-state index contributed by atoms with van der Waals surface area (Å²) >= 11 is 0. The molecule has 0 aliphatic carbocycles. The molecule has 1 atom stereocenters. The summed E-state index contributed by atoms with van der Waals surface area (Å²) in [6.45, 7) is 5.89. The van der Waals surface area contributed by atoms with Gasteiger partial charge in [-0.15, -0.1) is 0 Å². The summed E-state index contributed by atoms with van der Waals surface area (Å²) in [6.07, 6.45) is 1.81. The molecule has 0 radical (unpaired) electrons. The largest absolute Gasteiger partial charge is 0.377 e. The predicted molar refractivity (Wildman–Crippen MR) is 57.0 cm³/mol. The van der Waals surface area contributed by atoms with Gasteiger partial charge >= 0.3 is 0 Å². The first-order valence-electron chi connectivity index (χ1n) is 4.70. The molecule has 0 fully saturated rings. The van der Waals surface area contributed by atoms with Crippen molar-refractivity contribution in [1.29, 1.82) is 0 Å². The minimum absolute atomic E-state index is 0.152. The van der Waals surface area contributed by atoms with Crippen LogP contribution in [0.4, 0.5) is 0 Å². The van der Waals surface area contributed by atoms with Crippen molar-refractivity contribution in [3.05, 3.63) is 29.6 Å². The van der Waals surface area contributed by atoms with Crippen molar-refractivity contribution in [2.24, 2.45) is 5.73 Å². The van der Waals surface area contributed by atoms with Crippen LogP contribution in [0.25, 0.3) is 0 Å². The van der Waals surface area contributed by atoms with Crippen LogP contribution in [0.3, 0.4) is 0 Å². The van der Waals surface area contributed by atoms with Crippen molar-refractivity contribution in [3.63, 3.8) is 0 Å². The summed E-state index contributed by atoms with van der Waals surface area (Å²) in [5, 5.41) is 0. The number of pyridine rings is 1. The van der Waals surface area contributed by atoms with E-state index in [1.165, 1.54) is 0 Å². The Morgan fingerprint density at radius 2 is 2.07 bits per heavy atom. The summed E-state index contributed by atoms with van der Waals surface area (Å²) in [6, 6.07) is 3.80. The zero-order valence-corrected chi connectivity index (χ0v) is 9.24. The smallest absolute Gasteiger partial charge is 0.0815 e. The number of hydrogen-bond acceptors (Lipinski definition) is 3. The Morgan fingerprint density at radius 3 is 2.50 bits per heavy atom. The second kappa shape index (κ2) is 4.07. The number of ether oxygens (including phenoxy) is 1. The first kappa shape index (κ1) is 11.1. The predicted octanol–water partition coefficient (Wildman–Crippen LogP) is 1.81. The van der Waals surface area contributed by atoms with Gasteiger partial charge in [0, 0.05) is 19.0 Å². The van der Waals surface area contributed by atoms with Gasteiger partial charge in [-0.3, -0.25) is 4.98 Å². The van der Waals surface area contributed by atoms with E-state index >= 15 is 0 Å². The van der Waals surface area contributed by atoms with Crippen molar-refractivity contribution in [2.75, 3.05) is 7.11 Å². The van der Waals surface area contributed by atoms with E-state index in [1.807, 2.05) is 32.9 Å². The highest BCUT2D eigenvalue weighted by molar-refractivity contribution is 5.19. The van der Waals surface area contributed by atoms with Gasteiger partial charge in [-0.2, -0.15) is 0 Å². The molecule has 0 spiro atoms. The highest BCUT2D eigenvalue weighted by Gasteiger charge is 2.27. The maximum absolute atomic E-state index is 6.07. The van der Waals surface area contributed by atoms with Crippen molar-refractivity contribution in [3.8, 4) is 0 Å². The molecule has 1 rings (SSSR count). The lowest BCUT2D eigenvalue weighted by molar-refractivity contribution is -0.000118. The first-order valence-corrected chi connectivity index (χ1v) is 4.70. The van der Waals surface area contributed by atoms with Gasteiger partial charge in [0.25, 0.3) is 0 Å². The lowest BCUT2D eigenvalue weighted by Gasteiger charge is -2.30. The molecule has 0 saturated heterocycles. The molecule has 1 unspecified atom stereocenters. The number of aromatic nitrogens is 1. The molecule has 0 amide bonds. The van der Waals surface area contributed by atoms with Gasteiger partial charge in [-0.25, -0.2) is 0 Å². The van der Waals surface area contributed by atoms with E-state index in [9.17, 15) is 0 Å². The lowest BCUT2D eigenvalue weighted by Crippen LogP contribution is -2.37. The molecule has 0 aliphatic rings. The van der Waals surface area contributed by atoms with Gasteiger partial charge in [0.15, 0.2) is 0 Å². The van der Waals surface area contributed by atoms with E-state index in [0.29, 0.717) is 0 Å². The van der Waals surface area contributed by atoms with Crippen molar-refractivity contribution in [2.45, 2.75) is 32.4 Å². The van der Waals surface area contributed by atoms with Crippen molar-refractivity contribution < 1.29 is 4.74 Å². The molecule has 0 aromatic carbocycles. The second-order valence-corrected chi connectivity index (χ2v) is 4.02. The molecule has 0 bridgehead atoms. The average molecular weight is 194 g/mol. The van der Waals surface area contributed by atoms with Gasteiger partial charge < -0.3 is 10.5 Å². The van der Waals surface area contributed by atoms with Crippen LogP contribution in [0.15, 0.2) is 18.3 Å². The molecular weight excluding hydrogens is 176 g/mol. The zero-order valence-electron chi connectivity index (χ0n) is 9.24. The normalized spacial score (nSPS) is 14.1. The molecule has 1 aromatic rings. The molecular formula is C11H18N2O. The Morgan fingerprint density at radius 1 is 1.43 bits per heavy atom. The zero-order chi connectivity index (χ0) is 10.8. The Labute approximate surface area is 85.3 Å². The van der Waals surface area contributed by atoms with E-state index in [4.69, 9.17) is 10.5 Å². The monoisotopic (exact) mass is 194 g/mol. The Kier molecular flexibility index (Phi) is 3.24. The molecule has 2 N–H and O–H groups in total. The summed E-state index contributed by atoms with van der Waals surface area (Å²) in [4.78, 5) is 4.21. The van der Waals surface area contributed by atoms with E-state index in [2.05, 4.69) is 4.98 Å². The van der Waals surface area contributed by atoms with Crippen LogP contribution in [-0.2, 0) is 4.74 Å². The molecule has 3 heteroatoms. The number of hydrogen-bond donors (Lipinski definition) is 1. The minimum atomic E-state index is -0.364. The van der Waals surface area contributed by atoms with Crippen molar-refractivity contribution >= 4 is 0 Å². The average Bonchev–Trinajstić information content (AvgIpc) is 2.18. The van der Waals surface area contributed by atoms with Crippen LogP contribution >= 0.6 is 0 Å². The number of nitrogens with zero attached hydrogens (tertiary/aromatic N) is 1. The Hall–Kier alpha value is -0.930. The van der Waals surface area contributed by atoms with Gasteiger partial charge in [0.1, 0.15) is 0 Å². The molecule has 1 heterocycles. The van der Waals surface area contributed by atoms with E-state index in [1.54, 1.807) is 13.3 Å². The summed E-state index contributed by atoms with van der Waals surface area (Å²) in [5.41, 5.74) is 7.70. The van der Waals surface area contributed by atoms with Crippen LogP contribution in [0.5, 0.6) is 0 Å². The topological polar surface area (TPSA) is 48.1 Å². The highest BCUT2D eigenvalue weighted by atomic mass is 16.5. The fourth-order valence-electron chi connectivity index (χ4n) is 1.19. The van der Waals surface area contributed by atoms with E-state index in [-0.39, 0.29) is 11.6 Å². The van der Waals surface area contributed by atoms with Crippen LogP contribution in [-0.4, -0.2) is 17.7 Å². The van der Waals surface area contributed by atoms with Crippen LogP contribution in [0, 0.1) is 6.92 Å². The second-order valence-electron chi connectivity index (χ2n) is 4.02. The molecule has 78 valence electrons. The lowest BCUT2D eigenvalue weighted by atomic mass is 9.93. The molecule has 14 heavy (non-hydrogen) atoms. The number of nitrogens with two attached hydrogens (primary N) is 1. The highest BCUT2D eigenvalue weighted by Crippen LogP contribution is 2.25. The van der Waals surface area contributed by atoms with E-state index in [0.717, 1.165) is 11.3 Å². The van der Waals surface area contributed by atoms with Crippen LogP contribution in [0.1, 0.15) is 31.1 Å². The third-order valence-electron chi connectivity index (χ3n) is 2.57. The van der Waals surface area contributed by atoms with Gasteiger partial charge in [0.2, 0.25) is 0 Å². The first-order chi connectivity index (χ1) is 6.47.